The summed E-state index contributed by atoms with van der Waals surface area (Å²) in [6.07, 6.45) is -5.76. The molecule has 9 heteroatoms. The van der Waals surface area contributed by atoms with Crippen LogP contribution in [0.25, 0.3) is 0 Å². The molecule has 0 fully saturated rings. The van der Waals surface area contributed by atoms with Crippen molar-refractivity contribution in [2.24, 2.45) is 0 Å². The lowest BCUT2D eigenvalue weighted by molar-refractivity contribution is -0.286. The first-order valence-electron chi connectivity index (χ1n) is 2.47. The highest BCUT2D eigenvalue weighted by Crippen LogP contribution is 2.35. The average Bonchev–Trinajstić information content (AvgIpc) is 1.84. The summed E-state index contributed by atoms with van der Waals surface area (Å²) in [7, 11) is 0. The Morgan fingerprint density at radius 3 is 1.23 bits per heavy atom. The smallest absolute Gasteiger partial charge is 0.244 e. The highest BCUT2D eigenvalue weighted by molar-refractivity contribution is 6.18. The number of hydrogen-bond donors (Lipinski definition) is 0. The molecular weight excluding hydrogens is 235 g/mol. The van der Waals surface area contributed by atoms with E-state index in [1.54, 1.807) is 0 Å². The second-order valence-electron chi connectivity index (χ2n) is 1.58. The van der Waals surface area contributed by atoms with Crippen LogP contribution in [0, 0.1) is 0 Å². The molecule has 0 aromatic rings. The molecule has 82 valence electrons. The maximum atomic E-state index is 11.2. The van der Waals surface area contributed by atoms with Crippen LogP contribution in [-0.4, -0.2) is 24.7 Å². The van der Waals surface area contributed by atoms with E-state index < -0.39 is 24.7 Å². The maximum Gasteiger partial charge on any atom is 0.456 e. The molecule has 0 spiro atoms. The van der Waals surface area contributed by atoms with Crippen molar-refractivity contribution in [1.82, 2.24) is 0 Å². The van der Waals surface area contributed by atoms with Crippen molar-refractivity contribution in [1.29, 1.82) is 0 Å². The molecular formula is C4H3ClF8. The van der Waals surface area contributed by atoms with Crippen LogP contribution < -0.4 is 0 Å². The molecule has 0 unspecified atom stereocenters. The normalized spacial score (nSPS) is 12.5. The lowest BCUT2D eigenvalue weighted by atomic mass is 10.4. The van der Waals surface area contributed by atoms with Gasteiger partial charge in [0.1, 0.15) is 0 Å². The molecule has 0 radical (unpaired) electrons. The first-order chi connectivity index (χ1) is 5.54. The molecule has 0 saturated carbocycles. The molecule has 0 N–H and O–H groups in total. The van der Waals surface area contributed by atoms with Gasteiger partial charge in [-0.2, -0.15) is 30.7 Å². The van der Waals surface area contributed by atoms with Crippen LogP contribution in [0.5, 0.6) is 0 Å². The van der Waals surface area contributed by atoms with Gasteiger partial charge in [0.15, 0.2) is 6.67 Å². The van der Waals surface area contributed by atoms with Crippen LogP contribution in [0.4, 0.5) is 35.1 Å². The van der Waals surface area contributed by atoms with Crippen molar-refractivity contribution in [3.63, 3.8) is 0 Å². The molecule has 0 aliphatic rings. The van der Waals surface area contributed by atoms with Gasteiger partial charge in [0.05, 0.1) is 0 Å². The molecule has 0 heterocycles. The van der Waals surface area contributed by atoms with E-state index in [1.807, 2.05) is 0 Å². The van der Waals surface area contributed by atoms with Gasteiger partial charge in [-0.15, -0.1) is 0 Å². The van der Waals surface area contributed by atoms with Crippen LogP contribution >= 0.6 is 11.6 Å². The van der Waals surface area contributed by atoms with E-state index >= 15 is 0 Å². The minimum absolute atomic E-state index is 2.69. The van der Waals surface area contributed by atoms with Crippen LogP contribution in [0.15, 0.2) is 0 Å². The van der Waals surface area contributed by atoms with Gasteiger partial charge in [-0.25, -0.2) is 4.39 Å². The third kappa shape index (κ3) is 8.07. The number of rotatable bonds is 1. The second-order valence-corrected chi connectivity index (χ2v) is 1.91. The van der Waals surface area contributed by atoms with Crippen molar-refractivity contribution in [3.8, 4) is 0 Å². The standard InChI is InChI=1S/C3H2F6.CHClF2/c4-1-2(5,6)3(7,8)9;2-1(3)4/h1H2;1H. The molecule has 0 saturated heterocycles. The SMILES string of the molecule is FC(F)Cl.FCC(F)(F)C(F)(F)F. The molecule has 0 nitrogen and oxygen atoms in total. The van der Waals surface area contributed by atoms with Crippen molar-refractivity contribution < 1.29 is 35.1 Å². The third-order valence-electron chi connectivity index (χ3n) is 0.583. The second kappa shape index (κ2) is 5.46. The van der Waals surface area contributed by atoms with Gasteiger partial charge in [0.2, 0.25) is 0 Å². The molecule has 0 aliphatic heterocycles. The zero-order valence-electron chi connectivity index (χ0n) is 5.69. The fourth-order valence-corrected chi connectivity index (χ4v) is 0.0758. The lowest BCUT2D eigenvalue weighted by Crippen LogP contribution is -2.38. The fraction of sp³-hybridized carbons (Fsp3) is 1.00. The Bertz CT molecular complexity index is 126. The average molecular weight is 239 g/mol. The lowest BCUT2D eigenvalue weighted by Gasteiger charge is -2.14. The van der Waals surface area contributed by atoms with E-state index in [9.17, 15) is 35.1 Å². The molecule has 13 heavy (non-hydrogen) atoms. The molecule has 0 bridgehead atoms. The predicted molar refractivity (Wildman–Crippen MR) is 28.8 cm³/mol. The Balaban J connectivity index is 0. The van der Waals surface area contributed by atoms with E-state index in [-0.39, 0.29) is 0 Å². The maximum absolute atomic E-state index is 11.2. The topological polar surface area (TPSA) is 0 Å². The summed E-state index contributed by atoms with van der Waals surface area (Å²) < 4.78 is 85.8. The fourth-order valence-electron chi connectivity index (χ4n) is 0.0758. The van der Waals surface area contributed by atoms with Crippen LogP contribution in [-0.2, 0) is 0 Å². The molecule has 0 amide bonds. The van der Waals surface area contributed by atoms with Crippen molar-refractivity contribution in [2.45, 2.75) is 18.0 Å². The summed E-state index contributed by atoms with van der Waals surface area (Å²) in [5.74, 6) is -7.88. The Labute approximate surface area is 72.5 Å². The van der Waals surface area contributed by atoms with E-state index in [4.69, 9.17) is 0 Å². The van der Waals surface area contributed by atoms with Crippen LogP contribution in [0.1, 0.15) is 0 Å². The van der Waals surface area contributed by atoms with E-state index in [0.29, 0.717) is 0 Å². The van der Waals surface area contributed by atoms with Gasteiger partial charge in [0.25, 0.3) is 0 Å². The molecule has 0 aromatic heterocycles. The highest BCUT2D eigenvalue weighted by atomic mass is 35.5. The van der Waals surface area contributed by atoms with Gasteiger partial charge < -0.3 is 0 Å². The third-order valence-corrected chi connectivity index (χ3v) is 0.583. The summed E-state index contributed by atoms with van der Waals surface area (Å²) in [4.78, 5) is 0. The summed E-state index contributed by atoms with van der Waals surface area (Å²) in [6, 6.07) is 0. The summed E-state index contributed by atoms with van der Waals surface area (Å²) in [6.45, 7) is -2.70. The zero-order chi connectivity index (χ0) is 11.3. The minimum atomic E-state index is -5.76. The Kier molecular flexibility index (Phi) is 6.39. The Morgan fingerprint density at radius 2 is 1.23 bits per heavy atom. The number of halogens is 9. The van der Waals surface area contributed by atoms with Crippen molar-refractivity contribution >= 4 is 11.6 Å². The summed E-state index contributed by atoms with van der Waals surface area (Å²) >= 11 is 3.94. The van der Waals surface area contributed by atoms with E-state index in [2.05, 4.69) is 11.6 Å². The van der Waals surface area contributed by atoms with Crippen LogP contribution in [0.2, 0.25) is 0 Å². The summed E-state index contributed by atoms with van der Waals surface area (Å²) in [5, 5.41) is 0. The first-order valence-corrected chi connectivity index (χ1v) is 2.91. The highest BCUT2D eigenvalue weighted by Gasteiger charge is 2.57. The molecule has 0 rings (SSSR count). The molecule has 0 atom stereocenters. The first kappa shape index (κ1) is 15.2. The van der Waals surface area contributed by atoms with Gasteiger partial charge in [-0.1, -0.05) is 11.6 Å². The van der Waals surface area contributed by atoms with Crippen molar-refractivity contribution in [3.05, 3.63) is 0 Å². The minimum Gasteiger partial charge on any atom is -0.244 e. The van der Waals surface area contributed by atoms with E-state index in [1.165, 1.54) is 0 Å². The largest absolute Gasteiger partial charge is 0.456 e. The Morgan fingerprint density at radius 1 is 1.00 bits per heavy atom. The number of hydrogen-bond acceptors (Lipinski definition) is 0. The van der Waals surface area contributed by atoms with Gasteiger partial charge in [0, 0.05) is 0 Å². The predicted octanol–water partition coefficient (Wildman–Crippen LogP) is 3.60. The van der Waals surface area contributed by atoms with Gasteiger partial charge in [-0.3, -0.25) is 0 Å². The quantitative estimate of drug-likeness (QED) is 0.484. The van der Waals surface area contributed by atoms with E-state index in [0.717, 1.165) is 0 Å². The van der Waals surface area contributed by atoms with Crippen molar-refractivity contribution in [2.75, 3.05) is 6.67 Å². The van der Waals surface area contributed by atoms with Gasteiger partial charge >= 0.3 is 18.0 Å². The van der Waals surface area contributed by atoms with Crippen LogP contribution in [0.3, 0.4) is 0 Å². The van der Waals surface area contributed by atoms with Gasteiger partial charge in [-0.05, 0) is 0 Å². The monoisotopic (exact) mass is 238 g/mol. The number of alkyl halides is 9. The molecule has 0 aromatic carbocycles. The Hall–Kier alpha value is -0.270. The zero-order valence-corrected chi connectivity index (χ0v) is 6.44. The summed E-state index contributed by atoms with van der Waals surface area (Å²) in [5.41, 5.74) is 0. The molecule has 0 aliphatic carbocycles.